The molecule has 0 fully saturated rings. The molecule has 5 heteroatoms. The molecule has 0 spiro atoms. The van der Waals surface area contributed by atoms with Crippen LogP contribution in [-0.4, -0.2) is 24.7 Å². The maximum Gasteiger partial charge on any atom is 0.184 e. The second-order valence-corrected chi connectivity index (χ2v) is 4.94. The Kier molecular flexibility index (Phi) is 3.18. The van der Waals surface area contributed by atoms with E-state index in [9.17, 15) is 0 Å². The molecule has 0 saturated heterocycles. The fraction of sp³-hybridized carbons (Fsp3) is 0.333. The average molecular weight is 267 g/mol. The average Bonchev–Trinajstić information content (AvgIpc) is 2.87. The molecule has 0 aliphatic carbocycles. The third-order valence-electron chi connectivity index (χ3n) is 3.58. The van der Waals surface area contributed by atoms with Crippen LogP contribution in [-0.2, 0) is 0 Å². The van der Waals surface area contributed by atoms with Gasteiger partial charge in [0.1, 0.15) is 11.5 Å². The van der Waals surface area contributed by atoms with Crippen molar-refractivity contribution in [1.29, 1.82) is 0 Å². The molecule has 0 amide bonds. The first-order valence-electron chi connectivity index (χ1n) is 6.84. The third-order valence-corrected chi connectivity index (χ3v) is 3.58. The highest BCUT2D eigenvalue weighted by molar-refractivity contribution is 5.75. The number of aromatic nitrogens is 5. The van der Waals surface area contributed by atoms with E-state index < -0.39 is 0 Å². The lowest BCUT2D eigenvalue weighted by Crippen LogP contribution is -2.08. The standard InChI is InChI=1S/C15H17N5/c1-4-10(2)20-11(3)18-19-15(20)14-9-16-12-7-5-6-8-13(12)17-14/h5-10H,4H2,1-3H3/t10-/m1/s1. The van der Waals surface area contributed by atoms with Crippen molar-refractivity contribution in [3.8, 4) is 11.5 Å². The molecule has 5 nitrogen and oxygen atoms in total. The number of hydrogen-bond donors (Lipinski definition) is 0. The van der Waals surface area contributed by atoms with Crippen molar-refractivity contribution in [3.05, 3.63) is 36.3 Å². The van der Waals surface area contributed by atoms with Crippen LogP contribution in [0, 0.1) is 6.92 Å². The number of fused-ring (bicyclic) bond motifs is 1. The van der Waals surface area contributed by atoms with E-state index in [1.165, 1.54) is 0 Å². The summed E-state index contributed by atoms with van der Waals surface area (Å²) in [5.74, 6) is 1.69. The number of nitrogens with zero attached hydrogens (tertiary/aromatic N) is 5. The molecule has 0 aliphatic rings. The van der Waals surface area contributed by atoms with Crippen LogP contribution < -0.4 is 0 Å². The van der Waals surface area contributed by atoms with E-state index >= 15 is 0 Å². The Bertz CT molecular complexity index is 747. The molecule has 0 aliphatic heterocycles. The first-order valence-corrected chi connectivity index (χ1v) is 6.84. The van der Waals surface area contributed by atoms with E-state index in [2.05, 4.69) is 38.6 Å². The van der Waals surface area contributed by atoms with Crippen LogP contribution in [0.25, 0.3) is 22.6 Å². The predicted molar refractivity (Wildman–Crippen MR) is 78.3 cm³/mol. The summed E-state index contributed by atoms with van der Waals surface area (Å²) in [5.41, 5.74) is 2.54. The number of rotatable bonds is 3. The summed E-state index contributed by atoms with van der Waals surface area (Å²) in [4.78, 5) is 9.10. The molecular formula is C15H17N5. The summed E-state index contributed by atoms with van der Waals surface area (Å²) in [6, 6.07) is 8.18. The van der Waals surface area contributed by atoms with Gasteiger partial charge in [-0.3, -0.25) is 4.98 Å². The summed E-state index contributed by atoms with van der Waals surface area (Å²) in [7, 11) is 0. The Morgan fingerprint density at radius 1 is 1.15 bits per heavy atom. The Balaban J connectivity index is 2.16. The zero-order valence-electron chi connectivity index (χ0n) is 11.9. The van der Waals surface area contributed by atoms with Gasteiger partial charge in [0.05, 0.1) is 17.2 Å². The van der Waals surface area contributed by atoms with Crippen molar-refractivity contribution in [2.24, 2.45) is 0 Å². The highest BCUT2D eigenvalue weighted by atomic mass is 15.3. The second-order valence-electron chi connectivity index (χ2n) is 4.94. The Hall–Kier alpha value is -2.30. The van der Waals surface area contributed by atoms with Crippen LogP contribution >= 0.6 is 0 Å². The van der Waals surface area contributed by atoms with Gasteiger partial charge in [-0.1, -0.05) is 19.1 Å². The van der Waals surface area contributed by atoms with Crippen LogP contribution in [0.15, 0.2) is 30.5 Å². The fourth-order valence-electron chi connectivity index (χ4n) is 2.32. The van der Waals surface area contributed by atoms with E-state index in [4.69, 9.17) is 0 Å². The molecule has 0 saturated carbocycles. The molecular weight excluding hydrogens is 250 g/mol. The Labute approximate surface area is 117 Å². The summed E-state index contributed by atoms with van der Waals surface area (Å²) in [6.45, 7) is 6.28. The molecule has 102 valence electrons. The molecule has 1 aromatic carbocycles. The first-order chi connectivity index (χ1) is 9.70. The van der Waals surface area contributed by atoms with Crippen molar-refractivity contribution in [2.75, 3.05) is 0 Å². The quantitative estimate of drug-likeness (QED) is 0.731. The Morgan fingerprint density at radius 3 is 2.65 bits per heavy atom. The van der Waals surface area contributed by atoms with Gasteiger partial charge < -0.3 is 4.57 Å². The molecule has 1 atom stereocenters. The molecule has 0 bridgehead atoms. The Morgan fingerprint density at radius 2 is 1.90 bits per heavy atom. The maximum atomic E-state index is 4.65. The van der Waals surface area contributed by atoms with Crippen LogP contribution in [0.1, 0.15) is 32.1 Å². The molecule has 2 heterocycles. The summed E-state index contributed by atoms with van der Waals surface area (Å²) >= 11 is 0. The number of hydrogen-bond acceptors (Lipinski definition) is 4. The van der Waals surface area contributed by atoms with Gasteiger partial charge in [0.2, 0.25) is 0 Å². The molecule has 2 aromatic heterocycles. The van der Waals surface area contributed by atoms with Gasteiger partial charge in [-0.05, 0) is 32.4 Å². The van der Waals surface area contributed by atoms with E-state index in [1.807, 2.05) is 31.2 Å². The highest BCUT2D eigenvalue weighted by Crippen LogP contribution is 2.23. The normalized spacial score (nSPS) is 12.8. The van der Waals surface area contributed by atoms with Gasteiger partial charge in [-0.15, -0.1) is 10.2 Å². The van der Waals surface area contributed by atoms with Crippen molar-refractivity contribution >= 4 is 11.0 Å². The minimum absolute atomic E-state index is 0.341. The van der Waals surface area contributed by atoms with Gasteiger partial charge in [0.25, 0.3) is 0 Å². The second kappa shape index (κ2) is 5.00. The van der Waals surface area contributed by atoms with Gasteiger partial charge in [-0.2, -0.15) is 0 Å². The minimum Gasteiger partial charge on any atom is -0.307 e. The molecule has 0 N–H and O–H groups in total. The third kappa shape index (κ3) is 2.05. The van der Waals surface area contributed by atoms with Crippen LogP contribution in [0.2, 0.25) is 0 Å². The van der Waals surface area contributed by atoms with Crippen molar-refractivity contribution < 1.29 is 0 Å². The van der Waals surface area contributed by atoms with Gasteiger partial charge in [0, 0.05) is 6.04 Å². The summed E-state index contributed by atoms with van der Waals surface area (Å²) < 4.78 is 2.12. The molecule has 0 unspecified atom stereocenters. The SMILES string of the molecule is CC[C@@H](C)n1c(C)nnc1-c1cnc2ccccc2n1. The van der Waals surface area contributed by atoms with Crippen molar-refractivity contribution in [2.45, 2.75) is 33.2 Å². The van der Waals surface area contributed by atoms with E-state index in [-0.39, 0.29) is 0 Å². The molecule has 3 rings (SSSR count). The van der Waals surface area contributed by atoms with E-state index in [0.29, 0.717) is 6.04 Å². The lowest BCUT2D eigenvalue weighted by molar-refractivity contribution is 0.521. The minimum atomic E-state index is 0.341. The number of para-hydroxylation sites is 2. The van der Waals surface area contributed by atoms with Crippen LogP contribution in [0.4, 0.5) is 0 Å². The monoisotopic (exact) mass is 267 g/mol. The van der Waals surface area contributed by atoms with Crippen LogP contribution in [0.5, 0.6) is 0 Å². The fourth-order valence-corrected chi connectivity index (χ4v) is 2.32. The smallest absolute Gasteiger partial charge is 0.184 e. The summed E-state index contributed by atoms with van der Waals surface area (Å²) in [6.07, 6.45) is 2.79. The molecule has 3 aromatic rings. The number of aryl methyl sites for hydroxylation is 1. The molecule has 20 heavy (non-hydrogen) atoms. The zero-order valence-corrected chi connectivity index (χ0v) is 11.9. The van der Waals surface area contributed by atoms with Gasteiger partial charge >= 0.3 is 0 Å². The van der Waals surface area contributed by atoms with Crippen LogP contribution in [0.3, 0.4) is 0 Å². The van der Waals surface area contributed by atoms with E-state index in [1.54, 1.807) is 6.20 Å². The maximum absolute atomic E-state index is 4.65. The lowest BCUT2D eigenvalue weighted by atomic mass is 10.2. The first kappa shape index (κ1) is 12.7. The van der Waals surface area contributed by atoms with Gasteiger partial charge in [-0.25, -0.2) is 4.98 Å². The summed E-state index contributed by atoms with van der Waals surface area (Å²) in [5, 5.41) is 8.46. The predicted octanol–water partition coefficient (Wildman–Crippen LogP) is 3.17. The van der Waals surface area contributed by atoms with Crippen molar-refractivity contribution in [3.63, 3.8) is 0 Å². The van der Waals surface area contributed by atoms with E-state index in [0.717, 1.165) is 34.8 Å². The number of benzene rings is 1. The lowest BCUT2D eigenvalue weighted by Gasteiger charge is -2.14. The van der Waals surface area contributed by atoms with Crippen molar-refractivity contribution in [1.82, 2.24) is 24.7 Å². The molecule has 0 radical (unpaired) electrons. The highest BCUT2D eigenvalue weighted by Gasteiger charge is 2.16. The topological polar surface area (TPSA) is 56.5 Å². The largest absolute Gasteiger partial charge is 0.307 e. The zero-order chi connectivity index (χ0) is 14.1. The van der Waals surface area contributed by atoms with Gasteiger partial charge in [0.15, 0.2) is 5.82 Å².